The van der Waals surface area contributed by atoms with Crippen molar-refractivity contribution in [2.75, 3.05) is 6.54 Å². The van der Waals surface area contributed by atoms with Crippen molar-refractivity contribution in [1.29, 1.82) is 0 Å². The number of amides is 1. The molecule has 0 spiro atoms. The molecular formula is C5H8BNO2. The van der Waals surface area contributed by atoms with Crippen LogP contribution in [0.25, 0.3) is 0 Å². The molecule has 0 rings (SSSR count). The number of Topliss-reactive ketones (excluding diaryl/α,β-unsaturated/α-hetero) is 1. The van der Waals surface area contributed by atoms with Gasteiger partial charge < -0.3 is 5.32 Å². The van der Waals surface area contributed by atoms with Gasteiger partial charge in [0, 0.05) is 13.0 Å². The molecule has 0 unspecified atom stereocenters. The number of carbonyl (C=O) groups is 2. The summed E-state index contributed by atoms with van der Waals surface area (Å²) in [7, 11) is 4.72. The molecule has 0 aromatic heterocycles. The molecule has 0 aliphatic carbocycles. The van der Waals surface area contributed by atoms with Crippen LogP contribution >= 0.6 is 0 Å². The fraction of sp³-hybridized carbons (Fsp3) is 0.600. The maximum absolute atomic E-state index is 10.2. The van der Waals surface area contributed by atoms with Crippen molar-refractivity contribution in [2.24, 2.45) is 0 Å². The Hall–Kier alpha value is -0.795. The highest BCUT2D eigenvalue weighted by Crippen LogP contribution is 1.76. The van der Waals surface area contributed by atoms with E-state index >= 15 is 0 Å². The topological polar surface area (TPSA) is 46.2 Å². The maximum atomic E-state index is 10.2. The second-order valence-corrected chi connectivity index (χ2v) is 1.74. The van der Waals surface area contributed by atoms with Gasteiger partial charge in [0.05, 0.1) is 0 Å². The Morgan fingerprint density at radius 2 is 2.11 bits per heavy atom. The summed E-state index contributed by atoms with van der Waals surface area (Å²) in [6, 6.07) is 0. The Balaban J connectivity index is 3.10. The van der Waals surface area contributed by atoms with Crippen LogP contribution in [0.4, 0.5) is 4.79 Å². The number of nitrogens with one attached hydrogen (secondary N) is 1. The minimum atomic E-state index is -0.587. The van der Waals surface area contributed by atoms with Crippen molar-refractivity contribution in [2.45, 2.75) is 13.3 Å². The number of ketones is 1. The smallest absolute Gasteiger partial charge is 0.200 e. The van der Waals surface area contributed by atoms with Gasteiger partial charge in [-0.3, -0.25) is 9.59 Å². The van der Waals surface area contributed by atoms with E-state index in [1.165, 1.54) is 6.92 Å². The van der Waals surface area contributed by atoms with Gasteiger partial charge >= 0.3 is 0 Å². The molecule has 48 valence electrons. The van der Waals surface area contributed by atoms with Crippen LogP contribution in [0.2, 0.25) is 0 Å². The third-order valence-electron chi connectivity index (χ3n) is 0.776. The summed E-state index contributed by atoms with van der Waals surface area (Å²) in [5, 5.41) is 2.29. The molecule has 0 aliphatic heterocycles. The minimum absolute atomic E-state index is 0.0451. The van der Waals surface area contributed by atoms with Crippen LogP contribution in [0.1, 0.15) is 13.3 Å². The van der Waals surface area contributed by atoms with Gasteiger partial charge in [-0.05, 0) is 6.92 Å². The SMILES string of the molecule is [B]C(=O)NCCC(C)=O. The summed E-state index contributed by atoms with van der Waals surface area (Å²) >= 11 is 0. The number of hydrogen-bond acceptors (Lipinski definition) is 2. The standard InChI is InChI=1S/C5H8BNO2/c1-4(8)2-3-7-5(6)9/h2-3H2,1H3,(H,7,9). The third kappa shape index (κ3) is 7.20. The Labute approximate surface area is 55.2 Å². The first kappa shape index (κ1) is 8.20. The van der Waals surface area contributed by atoms with E-state index in [0.717, 1.165) is 0 Å². The lowest BCUT2D eigenvalue weighted by Gasteiger charge is -1.96. The van der Waals surface area contributed by atoms with E-state index in [2.05, 4.69) is 5.32 Å². The van der Waals surface area contributed by atoms with Gasteiger partial charge in [-0.15, -0.1) is 0 Å². The summed E-state index contributed by atoms with van der Waals surface area (Å²) in [6.45, 7) is 1.80. The molecule has 0 saturated heterocycles. The van der Waals surface area contributed by atoms with Crippen molar-refractivity contribution >= 4 is 19.4 Å². The number of rotatable bonds is 3. The van der Waals surface area contributed by atoms with Gasteiger partial charge in [-0.2, -0.15) is 0 Å². The zero-order chi connectivity index (χ0) is 7.28. The summed E-state index contributed by atoms with van der Waals surface area (Å²) < 4.78 is 0. The third-order valence-corrected chi connectivity index (χ3v) is 0.776. The van der Waals surface area contributed by atoms with Crippen molar-refractivity contribution in [3.63, 3.8) is 0 Å². The van der Waals surface area contributed by atoms with E-state index in [0.29, 0.717) is 13.0 Å². The first-order valence-corrected chi connectivity index (χ1v) is 2.65. The molecule has 0 atom stereocenters. The van der Waals surface area contributed by atoms with Crippen LogP contribution in [0.5, 0.6) is 0 Å². The average Bonchev–Trinajstić information content (AvgIpc) is 1.63. The zero-order valence-corrected chi connectivity index (χ0v) is 5.31. The van der Waals surface area contributed by atoms with Gasteiger partial charge in [-0.25, -0.2) is 0 Å². The molecule has 0 saturated carbocycles. The Morgan fingerprint density at radius 1 is 1.56 bits per heavy atom. The Bertz CT molecular complexity index is 110. The second-order valence-electron chi connectivity index (χ2n) is 1.74. The lowest BCUT2D eigenvalue weighted by molar-refractivity contribution is -0.116. The molecule has 4 heteroatoms. The van der Waals surface area contributed by atoms with E-state index in [1.807, 2.05) is 0 Å². The molecule has 0 aliphatic rings. The van der Waals surface area contributed by atoms with E-state index in [9.17, 15) is 9.59 Å². The molecule has 9 heavy (non-hydrogen) atoms. The lowest BCUT2D eigenvalue weighted by atomic mass is 10.1. The van der Waals surface area contributed by atoms with Crippen LogP contribution in [0, 0.1) is 0 Å². The Kier molecular flexibility index (Phi) is 3.76. The number of carbonyl (C=O) groups excluding carboxylic acids is 2. The van der Waals surface area contributed by atoms with E-state index in [4.69, 9.17) is 7.85 Å². The van der Waals surface area contributed by atoms with Crippen LogP contribution in [0.3, 0.4) is 0 Å². The molecule has 1 N–H and O–H groups in total. The molecule has 0 fully saturated rings. The maximum Gasteiger partial charge on any atom is 0.200 e. The highest BCUT2D eigenvalue weighted by molar-refractivity contribution is 6.57. The second kappa shape index (κ2) is 4.12. The minimum Gasteiger partial charge on any atom is -0.366 e. The van der Waals surface area contributed by atoms with Crippen LogP contribution in [0.15, 0.2) is 0 Å². The molecular weight excluding hydrogens is 117 g/mol. The van der Waals surface area contributed by atoms with Crippen molar-refractivity contribution < 1.29 is 9.59 Å². The highest BCUT2D eigenvalue weighted by Gasteiger charge is 1.92. The first-order valence-electron chi connectivity index (χ1n) is 2.65. The fourth-order valence-electron chi connectivity index (χ4n) is 0.362. The summed E-state index contributed by atoms with van der Waals surface area (Å²) in [5.41, 5.74) is 0. The molecule has 0 heterocycles. The van der Waals surface area contributed by atoms with Gasteiger partial charge in [-0.1, -0.05) is 0 Å². The van der Waals surface area contributed by atoms with Gasteiger partial charge in [0.25, 0.3) is 0 Å². The molecule has 0 aromatic rings. The molecule has 1 amide bonds. The quantitative estimate of drug-likeness (QED) is 0.532. The summed E-state index contributed by atoms with van der Waals surface area (Å²) in [6.07, 6.45) is 0.350. The van der Waals surface area contributed by atoms with Gasteiger partial charge in [0.15, 0.2) is 13.7 Å². The van der Waals surface area contributed by atoms with E-state index in [1.54, 1.807) is 0 Å². The van der Waals surface area contributed by atoms with Crippen LogP contribution in [-0.4, -0.2) is 26.0 Å². The predicted molar refractivity (Wildman–Crippen MR) is 34.5 cm³/mol. The zero-order valence-electron chi connectivity index (χ0n) is 5.31. The largest absolute Gasteiger partial charge is 0.366 e. The molecule has 2 radical (unpaired) electrons. The average molecular weight is 125 g/mol. The van der Waals surface area contributed by atoms with Crippen LogP contribution in [-0.2, 0) is 4.79 Å². The summed E-state index contributed by atoms with van der Waals surface area (Å²) in [4.78, 5) is 20.2. The fourth-order valence-corrected chi connectivity index (χ4v) is 0.362. The summed E-state index contributed by atoms with van der Waals surface area (Å²) in [5.74, 6) is -0.542. The molecule has 0 bridgehead atoms. The lowest BCUT2D eigenvalue weighted by Crippen LogP contribution is -2.23. The predicted octanol–water partition coefficient (Wildman–Crippen LogP) is -0.156. The van der Waals surface area contributed by atoms with Crippen molar-refractivity contribution in [3.05, 3.63) is 0 Å². The van der Waals surface area contributed by atoms with Crippen LogP contribution < -0.4 is 5.32 Å². The van der Waals surface area contributed by atoms with Crippen molar-refractivity contribution in [1.82, 2.24) is 5.32 Å². The molecule has 3 nitrogen and oxygen atoms in total. The Morgan fingerprint density at radius 3 is 2.44 bits per heavy atom. The normalized spacial score (nSPS) is 8.56. The van der Waals surface area contributed by atoms with Gasteiger partial charge in [0.2, 0.25) is 0 Å². The van der Waals surface area contributed by atoms with E-state index in [-0.39, 0.29) is 5.78 Å². The van der Waals surface area contributed by atoms with Crippen molar-refractivity contribution in [3.8, 4) is 0 Å². The monoisotopic (exact) mass is 125 g/mol. The van der Waals surface area contributed by atoms with Gasteiger partial charge in [0.1, 0.15) is 5.78 Å². The number of hydrogen-bond donors (Lipinski definition) is 1. The molecule has 0 aromatic carbocycles. The first-order chi connectivity index (χ1) is 4.13. The highest BCUT2D eigenvalue weighted by atomic mass is 16.1. The van der Waals surface area contributed by atoms with E-state index < -0.39 is 5.81 Å².